The third kappa shape index (κ3) is 6.18. The summed E-state index contributed by atoms with van der Waals surface area (Å²) in [4.78, 5) is 15.9. The molecule has 0 saturated carbocycles. The van der Waals surface area contributed by atoms with Gasteiger partial charge in [0.1, 0.15) is 5.69 Å². The van der Waals surface area contributed by atoms with Gasteiger partial charge in [-0.25, -0.2) is 0 Å². The SMILES string of the molecule is CC(C)c1ccc(C(N)CNC(=O)c2ccccn2)cc1.Cl.Cl. The van der Waals surface area contributed by atoms with Crippen LogP contribution in [0.5, 0.6) is 0 Å². The number of hydrogen-bond donors (Lipinski definition) is 2. The number of nitrogens with zero attached hydrogens (tertiary/aromatic N) is 1. The minimum absolute atomic E-state index is 0. The molecule has 0 aliphatic heterocycles. The van der Waals surface area contributed by atoms with E-state index in [-0.39, 0.29) is 36.8 Å². The molecule has 1 aromatic carbocycles. The molecule has 2 aromatic rings. The van der Waals surface area contributed by atoms with Crippen molar-refractivity contribution in [3.8, 4) is 0 Å². The second-order valence-electron chi connectivity index (χ2n) is 5.35. The fraction of sp³-hybridized carbons (Fsp3) is 0.294. The van der Waals surface area contributed by atoms with E-state index in [1.165, 1.54) is 5.56 Å². The minimum atomic E-state index is -0.223. The highest BCUT2D eigenvalue weighted by molar-refractivity contribution is 5.92. The quantitative estimate of drug-likeness (QED) is 0.862. The zero-order chi connectivity index (χ0) is 15.2. The Balaban J connectivity index is 0.00000242. The van der Waals surface area contributed by atoms with Gasteiger partial charge in [-0.3, -0.25) is 9.78 Å². The van der Waals surface area contributed by atoms with Crippen LogP contribution >= 0.6 is 24.8 Å². The third-order valence-electron chi connectivity index (χ3n) is 3.41. The molecule has 1 amide bonds. The molecule has 3 N–H and O–H groups in total. The Bertz CT molecular complexity index is 589. The van der Waals surface area contributed by atoms with Gasteiger partial charge in [-0.1, -0.05) is 44.2 Å². The summed E-state index contributed by atoms with van der Waals surface area (Å²) in [5.41, 5.74) is 8.81. The van der Waals surface area contributed by atoms with Crippen molar-refractivity contribution in [1.82, 2.24) is 10.3 Å². The van der Waals surface area contributed by atoms with E-state index in [0.717, 1.165) is 5.56 Å². The average Bonchev–Trinajstić information content (AvgIpc) is 2.53. The lowest BCUT2D eigenvalue weighted by atomic mass is 9.99. The van der Waals surface area contributed by atoms with Crippen molar-refractivity contribution in [2.24, 2.45) is 5.73 Å². The standard InChI is InChI=1S/C17H21N3O.2ClH/c1-12(2)13-6-8-14(9-7-13)15(18)11-20-17(21)16-5-3-4-10-19-16;;/h3-10,12,15H,11,18H2,1-2H3,(H,20,21);2*1H. The summed E-state index contributed by atoms with van der Waals surface area (Å²) in [5.74, 6) is 0.295. The molecule has 6 heteroatoms. The molecule has 1 heterocycles. The van der Waals surface area contributed by atoms with E-state index in [2.05, 4.69) is 36.3 Å². The Morgan fingerprint density at radius 3 is 2.22 bits per heavy atom. The van der Waals surface area contributed by atoms with Gasteiger partial charge in [0, 0.05) is 18.8 Å². The molecule has 1 atom stereocenters. The summed E-state index contributed by atoms with van der Waals surface area (Å²) in [6.45, 7) is 4.69. The topological polar surface area (TPSA) is 68.0 Å². The molecule has 0 spiro atoms. The summed E-state index contributed by atoms with van der Waals surface area (Å²) < 4.78 is 0. The Morgan fingerprint density at radius 2 is 1.70 bits per heavy atom. The van der Waals surface area contributed by atoms with E-state index >= 15 is 0 Å². The maximum atomic E-state index is 11.9. The lowest BCUT2D eigenvalue weighted by Gasteiger charge is -2.14. The molecule has 1 aromatic heterocycles. The molecule has 0 bridgehead atoms. The van der Waals surface area contributed by atoms with Gasteiger partial charge in [0.05, 0.1) is 0 Å². The van der Waals surface area contributed by atoms with E-state index in [4.69, 9.17) is 5.73 Å². The molecule has 23 heavy (non-hydrogen) atoms. The zero-order valence-corrected chi connectivity index (χ0v) is 14.9. The van der Waals surface area contributed by atoms with Crippen molar-refractivity contribution in [1.29, 1.82) is 0 Å². The van der Waals surface area contributed by atoms with Gasteiger partial charge >= 0.3 is 0 Å². The number of halogens is 2. The number of hydrogen-bond acceptors (Lipinski definition) is 3. The van der Waals surface area contributed by atoms with Gasteiger partial charge < -0.3 is 11.1 Å². The van der Waals surface area contributed by atoms with Gasteiger partial charge in [-0.05, 0) is 29.2 Å². The molecular formula is C17H23Cl2N3O. The largest absolute Gasteiger partial charge is 0.349 e. The second-order valence-corrected chi connectivity index (χ2v) is 5.35. The lowest BCUT2D eigenvalue weighted by Crippen LogP contribution is -2.32. The molecule has 0 aliphatic rings. The molecule has 2 rings (SSSR count). The van der Waals surface area contributed by atoms with Crippen LogP contribution in [0.1, 0.15) is 47.4 Å². The second kappa shape index (κ2) is 10.2. The molecule has 0 saturated heterocycles. The van der Waals surface area contributed by atoms with Crippen molar-refractivity contribution in [3.05, 3.63) is 65.5 Å². The van der Waals surface area contributed by atoms with E-state index in [1.54, 1.807) is 24.4 Å². The normalized spacial score (nSPS) is 11.1. The molecule has 0 fully saturated rings. The maximum Gasteiger partial charge on any atom is 0.269 e. The highest BCUT2D eigenvalue weighted by Crippen LogP contribution is 2.17. The Morgan fingerprint density at radius 1 is 1.09 bits per heavy atom. The number of nitrogens with two attached hydrogens (primary N) is 1. The fourth-order valence-corrected chi connectivity index (χ4v) is 2.04. The van der Waals surface area contributed by atoms with Crippen molar-refractivity contribution in [2.45, 2.75) is 25.8 Å². The highest BCUT2D eigenvalue weighted by Gasteiger charge is 2.10. The van der Waals surface area contributed by atoms with Crippen molar-refractivity contribution in [3.63, 3.8) is 0 Å². The van der Waals surface area contributed by atoms with Gasteiger partial charge in [-0.2, -0.15) is 0 Å². The Hall–Kier alpha value is -1.62. The highest BCUT2D eigenvalue weighted by atomic mass is 35.5. The molecule has 126 valence electrons. The monoisotopic (exact) mass is 355 g/mol. The lowest BCUT2D eigenvalue weighted by molar-refractivity contribution is 0.0946. The predicted molar refractivity (Wildman–Crippen MR) is 98.5 cm³/mol. The molecule has 1 unspecified atom stereocenters. The first kappa shape index (κ1) is 21.4. The van der Waals surface area contributed by atoms with E-state index in [9.17, 15) is 4.79 Å². The smallest absolute Gasteiger partial charge is 0.269 e. The average molecular weight is 356 g/mol. The Labute approximate surface area is 149 Å². The summed E-state index contributed by atoms with van der Waals surface area (Å²) in [6.07, 6.45) is 1.60. The number of carbonyl (C=O) groups excluding carboxylic acids is 1. The van der Waals surface area contributed by atoms with Crippen LogP contribution in [-0.2, 0) is 0 Å². The first-order valence-electron chi connectivity index (χ1n) is 7.12. The number of nitrogens with one attached hydrogen (secondary N) is 1. The van der Waals surface area contributed by atoms with Crippen LogP contribution in [0.3, 0.4) is 0 Å². The fourth-order valence-electron chi connectivity index (χ4n) is 2.04. The molecule has 0 radical (unpaired) electrons. The van der Waals surface area contributed by atoms with Crippen LogP contribution < -0.4 is 11.1 Å². The van der Waals surface area contributed by atoms with Crippen LogP contribution in [0.25, 0.3) is 0 Å². The summed E-state index contributed by atoms with van der Waals surface area (Å²) in [5, 5.41) is 2.81. The van der Waals surface area contributed by atoms with Crippen LogP contribution in [0.2, 0.25) is 0 Å². The van der Waals surface area contributed by atoms with Crippen LogP contribution in [0.15, 0.2) is 48.7 Å². The number of rotatable bonds is 5. The first-order valence-corrected chi connectivity index (χ1v) is 7.12. The number of benzene rings is 1. The van der Waals surface area contributed by atoms with Crippen molar-refractivity contribution >= 4 is 30.7 Å². The van der Waals surface area contributed by atoms with Crippen molar-refractivity contribution < 1.29 is 4.79 Å². The number of amides is 1. The zero-order valence-electron chi connectivity index (χ0n) is 13.2. The molecule has 4 nitrogen and oxygen atoms in total. The van der Waals surface area contributed by atoms with Crippen LogP contribution in [-0.4, -0.2) is 17.4 Å². The first-order chi connectivity index (χ1) is 10.1. The van der Waals surface area contributed by atoms with Crippen molar-refractivity contribution in [2.75, 3.05) is 6.54 Å². The number of aromatic nitrogens is 1. The number of pyridine rings is 1. The van der Waals surface area contributed by atoms with Gasteiger partial charge in [0.25, 0.3) is 5.91 Å². The van der Waals surface area contributed by atoms with Gasteiger partial charge in [0.15, 0.2) is 0 Å². The minimum Gasteiger partial charge on any atom is -0.349 e. The third-order valence-corrected chi connectivity index (χ3v) is 3.41. The predicted octanol–water partition coefficient (Wildman–Crippen LogP) is 3.48. The van der Waals surface area contributed by atoms with E-state index in [1.807, 2.05) is 12.1 Å². The summed E-state index contributed by atoms with van der Waals surface area (Å²) in [6, 6.07) is 13.2. The Kier molecular flexibility index (Phi) is 9.49. The summed E-state index contributed by atoms with van der Waals surface area (Å²) in [7, 11) is 0. The maximum absolute atomic E-state index is 11.9. The van der Waals surface area contributed by atoms with E-state index in [0.29, 0.717) is 18.2 Å². The summed E-state index contributed by atoms with van der Waals surface area (Å²) >= 11 is 0. The van der Waals surface area contributed by atoms with Gasteiger partial charge in [0.2, 0.25) is 0 Å². The molecule has 0 aliphatic carbocycles. The van der Waals surface area contributed by atoms with Crippen LogP contribution in [0, 0.1) is 0 Å². The number of carbonyl (C=O) groups is 1. The van der Waals surface area contributed by atoms with Crippen LogP contribution in [0.4, 0.5) is 0 Å². The van der Waals surface area contributed by atoms with Gasteiger partial charge in [-0.15, -0.1) is 24.8 Å². The molecular weight excluding hydrogens is 333 g/mol. The van der Waals surface area contributed by atoms with E-state index < -0.39 is 0 Å².